The van der Waals surface area contributed by atoms with Gasteiger partial charge >= 0.3 is 0 Å². The summed E-state index contributed by atoms with van der Waals surface area (Å²) in [5.41, 5.74) is 2.75. The van der Waals surface area contributed by atoms with Gasteiger partial charge in [-0.1, -0.05) is 37.0 Å². The Balaban J connectivity index is 1.55. The van der Waals surface area contributed by atoms with E-state index in [2.05, 4.69) is 23.4 Å². The van der Waals surface area contributed by atoms with Crippen molar-refractivity contribution in [2.75, 3.05) is 0 Å². The van der Waals surface area contributed by atoms with Crippen molar-refractivity contribution in [2.45, 2.75) is 58.7 Å². The van der Waals surface area contributed by atoms with Crippen LogP contribution < -0.4 is 10.1 Å². The molecule has 1 heterocycles. The molecule has 1 N–H and O–H groups in total. The van der Waals surface area contributed by atoms with Gasteiger partial charge in [0.25, 0.3) is 5.91 Å². The number of hydrogen-bond donors (Lipinski definition) is 1. The molecule has 24 heavy (non-hydrogen) atoms. The highest BCUT2D eigenvalue weighted by Gasteiger charge is 2.18. The summed E-state index contributed by atoms with van der Waals surface area (Å²) >= 11 is 0. The van der Waals surface area contributed by atoms with Crippen LogP contribution in [0.4, 0.5) is 0 Å². The number of rotatable bonds is 5. The van der Waals surface area contributed by atoms with Crippen molar-refractivity contribution in [2.24, 2.45) is 0 Å². The lowest BCUT2D eigenvalue weighted by Crippen LogP contribution is -2.36. The van der Waals surface area contributed by atoms with Crippen LogP contribution in [0.15, 0.2) is 30.5 Å². The van der Waals surface area contributed by atoms with Crippen LogP contribution in [-0.2, 0) is 6.73 Å². The van der Waals surface area contributed by atoms with E-state index in [9.17, 15) is 4.79 Å². The molecule has 1 fully saturated rings. The molecule has 5 nitrogen and oxygen atoms in total. The molecule has 1 aromatic carbocycles. The van der Waals surface area contributed by atoms with Gasteiger partial charge in [0, 0.05) is 12.2 Å². The molecule has 2 aromatic rings. The molecule has 0 atom stereocenters. The lowest BCUT2D eigenvalue weighted by atomic mass is 9.95. The maximum atomic E-state index is 12.3. The van der Waals surface area contributed by atoms with Crippen LogP contribution >= 0.6 is 0 Å². The van der Waals surface area contributed by atoms with E-state index >= 15 is 0 Å². The number of hydrogen-bond acceptors (Lipinski definition) is 3. The Morgan fingerprint density at radius 3 is 2.79 bits per heavy atom. The normalized spacial score (nSPS) is 15.2. The Morgan fingerprint density at radius 2 is 2.04 bits per heavy atom. The van der Waals surface area contributed by atoms with Gasteiger partial charge in [0.05, 0.1) is 0 Å². The number of amides is 1. The van der Waals surface area contributed by atoms with E-state index in [0.29, 0.717) is 18.5 Å². The first-order valence-electron chi connectivity index (χ1n) is 8.66. The largest absolute Gasteiger partial charge is 0.471 e. The predicted molar refractivity (Wildman–Crippen MR) is 93.1 cm³/mol. The number of nitrogens with zero attached hydrogens (tertiary/aromatic N) is 2. The van der Waals surface area contributed by atoms with E-state index in [1.54, 1.807) is 16.9 Å². The van der Waals surface area contributed by atoms with Crippen LogP contribution in [0.3, 0.4) is 0 Å². The molecular formula is C19H25N3O2. The summed E-state index contributed by atoms with van der Waals surface area (Å²) in [5.74, 6) is 0.747. The van der Waals surface area contributed by atoms with Crippen molar-refractivity contribution in [1.29, 1.82) is 0 Å². The van der Waals surface area contributed by atoms with Gasteiger partial charge < -0.3 is 10.1 Å². The van der Waals surface area contributed by atoms with Gasteiger partial charge in [-0.2, -0.15) is 5.10 Å². The molecular weight excluding hydrogens is 302 g/mol. The standard InChI is InChI=1S/C19H25N3O2/c1-14-8-9-18(15(2)12-14)24-13-22-11-10-17(21-22)19(23)20-16-6-4-3-5-7-16/h8-12,16H,3-7,13H2,1-2H3,(H,20,23). The second-order valence-electron chi connectivity index (χ2n) is 6.59. The summed E-state index contributed by atoms with van der Waals surface area (Å²) in [6, 6.07) is 8.10. The number of carbonyl (C=O) groups excluding carboxylic acids is 1. The molecule has 0 saturated heterocycles. The molecule has 0 aliphatic heterocycles. The Kier molecular flexibility index (Phi) is 5.18. The molecule has 1 amide bonds. The zero-order valence-corrected chi connectivity index (χ0v) is 14.4. The number of nitrogens with one attached hydrogen (secondary N) is 1. The molecule has 0 spiro atoms. The summed E-state index contributed by atoms with van der Waals surface area (Å²) in [6.45, 7) is 4.37. The minimum absolute atomic E-state index is 0.0906. The average molecular weight is 327 g/mol. The van der Waals surface area contributed by atoms with Gasteiger partial charge in [0.15, 0.2) is 6.73 Å². The van der Waals surface area contributed by atoms with Crippen molar-refractivity contribution in [3.05, 3.63) is 47.3 Å². The molecule has 1 aliphatic rings. The van der Waals surface area contributed by atoms with Crippen LogP contribution in [0.5, 0.6) is 5.75 Å². The topological polar surface area (TPSA) is 56.1 Å². The minimum Gasteiger partial charge on any atom is -0.471 e. The summed E-state index contributed by atoms with van der Waals surface area (Å²) in [7, 11) is 0. The van der Waals surface area contributed by atoms with Crippen LogP contribution in [0.1, 0.15) is 53.7 Å². The maximum Gasteiger partial charge on any atom is 0.271 e. The predicted octanol–water partition coefficient (Wildman–Crippen LogP) is 3.60. The summed E-state index contributed by atoms with van der Waals surface area (Å²) in [5, 5.41) is 7.40. The van der Waals surface area contributed by atoms with Gasteiger partial charge in [-0.05, 0) is 44.4 Å². The number of aromatic nitrogens is 2. The first-order chi connectivity index (χ1) is 11.6. The van der Waals surface area contributed by atoms with Crippen molar-refractivity contribution in [1.82, 2.24) is 15.1 Å². The fraction of sp³-hybridized carbons (Fsp3) is 0.474. The number of aryl methyl sites for hydroxylation is 2. The molecule has 0 bridgehead atoms. The Bertz CT molecular complexity index is 702. The molecule has 0 radical (unpaired) electrons. The third kappa shape index (κ3) is 4.16. The second kappa shape index (κ2) is 7.51. The second-order valence-corrected chi connectivity index (χ2v) is 6.59. The fourth-order valence-electron chi connectivity index (χ4n) is 3.16. The van der Waals surface area contributed by atoms with Gasteiger partial charge in [0.2, 0.25) is 0 Å². The highest BCUT2D eigenvalue weighted by molar-refractivity contribution is 5.92. The Hall–Kier alpha value is -2.30. The Labute approximate surface area is 143 Å². The molecule has 128 valence electrons. The maximum absolute atomic E-state index is 12.3. The quantitative estimate of drug-likeness (QED) is 0.913. The average Bonchev–Trinajstić information content (AvgIpc) is 3.04. The summed E-state index contributed by atoms with van der Waals surface area (Å²) in [6.07, 6.45) is 7.59. The lowest BCUT2D eigenvalue weighted by Gasteiger charge is -2.22. The zero-order valence-electron chi connectivity index (χ0n) is 14.4. The smallest absolute Gasteiger partial charge is 0.271 e. The van der Waals surface area contributed by atoms with Crippen LogP contribution in [0, 0.1) is 13.8 Å². The Morgan fingerprint density at radius 1 is 1.25 bits per heavy atom. The monoisotopic (exact) mass is 327 g/mol. The number of benzene rings is 1. The van der Waals surface area contributed by atoms with Crippen molar-refractivity contribution < 1.29 is 9.53 Å². The van der Waals surface area contributed by atoms with Gasteiger partial charge in [0.1, 0.15) is 11.4 Å². The van der Waals surface area contributed by atoms with E-state index in [4.69, 9.17) is 4.74 Å². The van der Waals surface area contributed by atoms with E-state index in [1.807, 2.05) is 19.1 Å². The number of carbonyl (C=O) groups is 1. The van der Waals surface area contributed by atoms with Crippen LogP contribution in [0.25, 0.3) is 0 Å². The van der Waals surface area contributed by atoms with Gasteiger partial charge in [-0.3, -0.25) is 4.79 Å². The number of ether oxygens (including phenoxy) is 1. The van der Waals surface area contributed by atoms with E-state index in [-0.39, 0.29) is 5.91 Å². The molecule has 5 heteroatoms. The molecule has 0 unspecified atom stereocenters. The van der Waals surface area contributed by atoms with Crippen molar-refractivity contribution in [3.63, 3.8) is 0 Å². The molecule has 3 rings (SSSR count). The zero-order chi connectivity index (χ0) is 16.9. The van der Waals surface area contributed by atoms with Gasteiger partial charge in [-0.25, -0.2) is 4.68 Å². The van der Waals surface area contributed by atoms with Crippen LogP contribution in [0.2, 0.25) is 0 Å². The van der Waals surface area contributed by atoms with E-state index in [0.717, 1.165) is 24.2 Å². The van der Waals surface area contributed by atoms with E-state index < -0.39 is 0 Å². The highest BCUT2D eigenvalue weighted by Crippen LogP contribution is 2.19. The molecule has 1 aliphatic carbocycles. The van der Waals surface area contributed by atoms with Crippen molar-refractivity contribution >= 4 is 5.91 Å². The first-order valence-corrected chi connectivity index (χ1v) is 8.66. The third-order valence-electron chi connectivity index (χ3n) is 4.50. The molecule has 1 saturated carbocycles. The van der Waals surface area contributed by atoms with Crippen molar-refractivity contribution in [3.8, 4) is 5.75 Å². The summed E-state index contributed by atoms with van der Waals surface area (Å²) in [4.78, 5) is 12.3. The minimum atomic E-state index is -0.0906. The van der Waals surface area contributed by atoms with Crippen LogP contribution in [-0.4, -0.2) is 21.7 Å². The van der Waals surface area contributed by atoms with Gasteiger partial charge in [-0.15, -0.1) is 0 Å². The fourth-order valence-corrected chi connectivity index (χ4v) is 3.16. The molecule has 1 aromatic heterocycles. The highest BCUT2D eigenvalue weighted by atomic mass is 16.5. The SMILES string of the molecule is Cc1ccc(OCn2ccc(C(=O)NC3CCCCC3)n2)c(C)c1. The van der Waals surface area contributed by atoms with E-state index in [1.165, 1.54) is 24.8 Å². The first kappa shape index (κ1) is 16.6. The third-order valence-corrected chi connectivity index (χ3v) is 4.50. The summed E-state index contributed by atoms with van der Waals surface area (Å²) < 4.78 is 7.44. The lowest BCUT2D eigenvalue weighted by molar-refractivity contribution is 0.0920.